The minimum Gasteiger partial charge on any atom is -0.404 e. The fraction of sp³-hybridized carbons (Fsp3) is 0. The lowest BCUT2D eigenvalue weighted by atomic mass is 10.5. The van der Waals surface area contributed by atoms with Gasteiger partial charge in [0.05, 0.1) is 11.7 Å². The molecular weight excluding hydrogens is 169 g/mol. The van der Waals surface area contributed by atoms with Gasteiger partial charge in [0.1, 0.15) is 0 Å². The van der Waals surface area contributed by atoms with Crippen LogP contribution in [0.3, 0.4) is 0 Å². The Balaban J connectivity index is 2.85. The zero-order valence-corrected chi connectivity index (χ0v) is 7.01. The Labute approximate surface area is 64.3 Å². The van der Waals surface area contributed by atoms with Crippen molar-refractivity contribution in [3.63, 3.8) is 0 Å². The number of nitrogens with one attached hydrogen (secondary N) is 1. The van der Waals surface area contributed by atoms with Crippen molar-refractivity contribution in [2.75, 3.05) is 0 Å². The van der Waals surface area contributed by atoms with E-state index in [4.69, 9.17) is 4.18 Å². The van der Waals surface area contributed by atoms with Gasteiger partial charge in [-0.1, -0.05) is 0 Å². The Kier molecular flexibility index (Phi) is 2.78. The first-order chi connectivity index (χ1) is 4.83. The molecule has 0 aromatic carbocycles. The van der Waals surface area contributed by atoms with Gasteiger partial charge >= 0.3 is 0 Å². The normalized spacial score (nSPS) is 9.30. The second-order valence-corrected chi connectivity index (χ2v) is 2.50. The van der Waals surface area contributed by atoms with E-state index in [1.807, 2.05) is 0 Å². The Hall–Kier alpha value is -0.470. The predicted octanol–water partition coefficient (Wildman–Crippen LogP) is 1.19. The van der Waals surface area contributed by atoms with Crippen molar-refractivity contribution in [2.45, 2.75) is 0 Å². The molecule has 0 spiro atoms. The van der Waals surface area contributed by atoms with E-state index in [-0.39, 0.29) is 5.43 Å². The molecule has 0 amide bonds. The molecule has 1 atom stereocenters. The number of aromatic amines is 1. The third-order valence-electron chi connectivity index (χ3n) is 0.884. The molecule has 0 radical (unpaired) electrons. The van der Waals surface area contributed by atoms with Crippen LogP contribution >= 0.6 is 20.1 Å². The third-order valence-corrected chi connectivity index (χ3v) is 1.45. The van der Waals surface area contributed by atoms with Crippen molar-refractivity contribution in [1.82, 2.24) is 4.98 Å². The summed E-state index contributed by atoms with van der Waals surface area (Å²) in [5.74, 6) is 0.465. The van der Waals surface area contributed by atoms with Gasteiger partial charge in [-0.2, -0.15) is 0 Å². The van der Waals surface area contributed by atoms with Crippen molar-refractivity contribution in [2.24, 2.45) is 0 Å². The molecule has 10 heavy (non-hydrogen) atoms. The molecule has 1 unspecified atom stereocenters. The predicted molar refractivity (Wildman–Crippen MR) is 45.0 cm³/mol. The van der Waals surface area contributed by atoms with Crippen LogP contribution in [-0.4, -0.2) is 4.98 Å². The van der Waals surface area contributed by atoms with Gasteiger partial charge in [-0.05, 0) is 8.44 Å². The van der Waals surface area contributed by atoms with Crippen LogP contribution in [0.1, 0.15) is 0 Å². The number of H-pyrrole nitrogens is 1. The second-order valence-electron chi connectivity index (χ2n) is 1.57. The molecule has 1 rings (SSSR count). The fourth-order valence-electron chi connectivity index (χ4n) is 0.525. The number of pyridine rings is 1. The summed E-state index contributed by atoms with van der Waals surface area (Å²) >= 11 is 1.11. The van der Waals surface area contributed by atoms with Crippen LogP contribution in [0.5, 0.6) is 5.88 Å². The first kappa shape index (κ1) is 7.63. The molecule has 0 saturated heterocycles. The summed E-state index contributed by atoms with van der Waals surface area (Å²) in [7, 11) is 2.32. The molecule has 1 heterocycles. The summed E-state index contributed by atoms with van der Waals surface area (Å²) in [5, 5.41) is 0. The van der Waals surface area contributed by atoms with Gasteiger partial charge in [0.15, 0.2) is 5.43 Å². The first-order valence-corrected chi connectivity index (χ1v) is 4.77. The van der Waals surface area contributed by atoms with Crippen LogP contribution in [0.15, 0.2) is 23.1 Å². The van der Waals surface area contributed by atoms with E-state index in [0.29, 0.717) is 5.88 Å². The minimum absolute atomic E-state index is 0.0622. The van der Waals surface area contributed by atoms with E-state index in [1.54, 1.807) is 6.20 Å². The number of aromatic nitrogens is 1. The van der Waals surface area contributed by atoms with Crippen LogP contribution in [0, 0.1) is 0 Å². The van der Waals surface area contributed by atoms with Crippen LogP contribution in [0.4, 0.5) is 0 Å². The molecule has 3 nitrogen and oxygen atoms in total. The van der Waals surface area contributed by atoms with Crippen molar-refractivity contribution >= 4 is 20.1 Å². The molecule has 0 bridgehead atoms. The number of rotatable bonds is 2. The molecule has 5 heteroatoms. The second kappa shape index (κ2) is 3.64. The molecule has 0 fully saturated rings. The Morgan fingerprint density at radius 1 is 1.70 bits per heavy atom. The highest BCUT2D eigenvalue weighted by atomic mass is 32.7. The Bertz CT molecular complexity index is 262. The van der Waals surface area contributed by atoms with Crippen LogP contribution in [-0.2, 0) is 0 Å². The zero-order valence-electron chi connectivity index (χ0n) is 5.03. The maximum atomic E-state index is 10.6. The molecule has 1 aromatic heterocycles. The maximum absolute atomic E-state index is 10.6. The zero-order chi connectivity index (χ0) is 7.40. The van der Waals surface area contributed by atoms with Gasteiger partial charge in [-0.3, -0.25) is 4.79 Å². The lowest BCUT2D eigenvalue weighted by molar-refractivity contribution is 0.624. The largest absolute Gasteiger partial charge is 0.404 e. The molecule has 1 N–H and O–H groups in total. The van der Waals surface area contributed by atoms with Gasteiger partial charge in [0.25, 0.3) is 0 Å². The maximum Gasteiger partial charge on any atom is 0.210 e. The summed E-state index contributed by atoms with van der Waals surface area (Å²) in [6, 6.07) is 2.82. The van der Waals surface area contributed by atoms with Crippen LogP contribution in [0.25, 0.3) is 0 Å². The Morgan fingerprint density at radius 3 is 3.10 bits per heavy atom. The highest BCUT2D eigenvalue weighted by Crippen LogP contribution is 2.15. The van der Waals surface area contributed by atoms with Crippen molar-refractivity contribution in [3.05, 3.63) is 28.6 Å². The molecule has 0 aliphatic heterocycles. The third kappa shape index (κ3) is 2.05. The summed E-state index contributed by atoms with van der Waals surface area (Å²) < 4.78 is 4.91. The van der Waals surface area contributed by atoms with E-state index >= 15 is 0 Å². The van der Waals surface area contributed by atoms with Crippen molar-refractivity contribution < 1.29 is 4.18 Å². The van der Waals surface area contributed by atoms with E-state index in [2.05, 4.69) is 13.4 Å². The molecule has 54 valence electrons. The minimum atomic E-state index is -0.0622. The van der Waals surface area contributed by atoms with Gasteiger partial charge in [-0.15, -0.1) is 0 Å². The number of hydrogen-bond acceptors (Lipinski definition) is 3. The quantitative estimate of drug-likeness (QED) is 0.542. The standard InChI is InChI=1S/C5H6NO2PS/c7-4-1-2-6-5(3-4)8-10-9/h1-3H,9H2,(H,6,7). The summed E-state index contributed by atoms with van der Waals surface area (Å²) in [5.41, 5.74) is -0.0622. The van der Waals surface area contributed by atoms with E-state index in [9.17, 15) is 4.79 Å². The van der Waals surface area contributed by atoms with E-state index in [0.717, 1.165) is 11.7 Å². The lowest BCUT2D eigenvalue weighted by Crippen LogP contribution is -1.96. The molecular formula is C5H6NO2PS. The topological polar surface area (TPSA) is 42.1 Å². The highest BCUT2D eigenvalue weighted by Gasteiger charge is 1.90. The summed E-state index contributed by atoms with van der Waals surface area (Å²) in [6.45, 7) is 0. The van der Waals surface area contributed by atoms with E-state index < -0.39 is 0 Å². The average Bonchev–Trinajstić information content (AvgIpc) is 1.88. The first-order valence-electron chi connectivity index (χ1n) is 2.55. The highest BCUT2D eigenvalue weighted by molar-refractivity contribution is 8.41. The molecule has 0 aliphatic rings. The summed E-state index contributed by atoms with van der Waals surface area (Å²) in [4.78, 5) is 13.4. The SMILES string of the molecule is O=c1cc[nH]c(OSP)c1. The Morgan fingerprint density at radius 2 is 2.50 bits per heavy atom. The summed E-state index contributed by atoms with van der Waals surface area (Å²) in [6.07, 6.45) is 1.54. The molecule has 0 aliphatic carbocycles. The van der Waals surface area contributed by atoms with Crippen molar-refractivity contribution in [3.8, 4) is 5.88 Å². The van der Waals surface area contributed by atoms with Gasteiger partial charge < -0.3 is 9.17 Å². The van der Waals surface area contributed by atoms with Gasteiger partial charge in [0.2, 0.25) is 5.88 Å². The van der Waals surface area contributed by atoms with Crippen LogP contribution < -0.4 is 9.61 Å². The van der Waals surface area contributed by atoms with E-state index in [1.165, 1.54) is 12.1 Å². The number of hydrogen-bond donors (Lipinski definition) is 1. The van der Waals surface area contributed by atoms with Gasteiger partial charge in [-0.25, -0.2) is 0 Å². The molecule has 0 saturated carbocycles. The monoisotopic (exact) mass is 175 g/mol. The molecule has 1 aromatic rings. The van der Waals surface area contributed by atoms with Gasteiger partial charge in [0, 0.05) is 18.3 Å². The van der Waals surface area contributed by atoms with Crippen LogP contribution in [0.2, 0.25) is 0 Å². The smallest absolute Gasteiger partial charge is 0.210 e. The average molecular weight is 175 g/mol. The lowest BCUT2D eigenvalue weighted by Gasteiger charge is -1.96. The fourth-order valence-corrected chi connectivity index (χ4v) is 1.04. The van der Waals surface area contributed by atoms with Crippen molar-refractivity contribution in [1.29, 1.82) is 0 Å².